The molecule has 0 fully saturated rings. The van der Waals surface area contributed by atoms with Crippen LogP contribution in [0.5, 0.6) is 0 Å². The van der Waals surface area contributed by atoms with Gasteiger partial charge in [-0.05, 0) is 6.92 Å². The molecule has 20 heavy (non-hydrogen) atoms. The van der Waals surface area contributed by atoms with Gasteiger partial charge in [0.25, 0.3) is 0 Å². The average Bonchev–Trinajstić information content (AvgIpc) is 2.38. The van der Waals surface area contributed by atoms with Crippen LogP contribution in [0.4, 0.5) is 17.6 Å². The smallest absolute Gasteiger partial charge is 0.330 e. The zero-order valence-electron chi connectivity index (χ0n) is 10.9. The summed E-state index contributed by atoms with van der Waals surface area (Å²) in [5.41, 5.74) is 2.61. The lowest BCUT2D eigenvalue weighted by Gasteiger charge is -2.19. The highest BCUT2D eigenvalue weighted by atomic mass is 19.3. The van der Waals surface area contributed by atoms with Gasteiger partial charge in [0.15, 0.2) is 5.82 Å². The molecule has 0 spiro atoms. The number of nitrogens with one attached hydrogen (secondary N) is 1. The molecular weight excluding hydrogens is 278 g/mol. The molecular formula is C12H15F4N3O. The van der Waals surface area contributed by atoms with E-state index in [2.05, 4.69) is 20.0 Å². The third kappa shape index (κ3) is 3.43. The summed E-state index contributed by atoms with van der Waals surface area (Å²) in [5.74, 6) is -3.90. The number of rotatable bonds is 5. The molecule has 1 aromatic heterocycles. The van der Waals surface area contributed by atoms with Crippen LogP contribution in [-0.4, -0.2) is 35.5 Å². The number of aromatic nitrogens is 2. The Morgan fingerprint density at radius 3 is 2.80 bits per heavy atom. The summed E-state index contributed by atoms with van der Waals surface area (Å²) in [6.45, 7) is 1.61. The highest BCUT2D eigenvalue weighted by molar-refractivity contribution is 5.27. The quantitative estimate of drug-likeness (QED) is 0.842. The second-order valence-corrected chi connectivity index (χ2v) is 4.63. The van der Waals surface area contributed by atoms with Gasteiger partial charge in [-0.1, -0.05) is 0 Å². The van der Waals surface area contributed by atoms with E-state index >= 15 is 0 Å². The molecule has 1 aliphatic rings. The van der Waals surface area contributed by atoms with E-state index in [1.54, 1.807) is 6.92 Å². The second kappa shape index (κ2) is 6.01. The van der Waals surface area contributed by atoms with Crippen LogP contribution in [-0.2, 0) is 24.3 Å². The summed E-state index contributed by atoms with van der Waals surface area (Å²) in [4.78, 5) is 8.37. The van der Waals surface area contributed by atoms with E-state index < -0.39 is 19.0 Å². The molecule has 0 radical (unpaired) electrons. The SMILES string of the molecule is Cc1nc(COCC(F)(F)C(F)F)nc2c1CNCC2. The third-order valence-corrected chi connectivity index (χ3v) is 3.03. The van der Waals surface area contributed by atoms with Crippen LogP contribution in [0, 0.1) is 6.92 Å². The fraction of sp³-hybridized carbons (Fsp3) is 0.667. The number of hydrogen-bond donors (Lipinski definition) is 1. The predicted octanol–water partition coefficient (Wildman–Crippen LogP) is 1.85. The van der Waals surface area contributed by atoms with E-state index in [4.69, 9.17) is 0 Å². The van der Waals surface area contributed by atoms with Gasteiger partial charge >= 0.3 is 12.3 Å². The first-order valence-corrected chi connectivity index (χ1v) is 6.20. The minimum atomic E-state index is -4.15. The summed E-state index contributed by atoms with van der Waals surface area (Å²) in [6.07, 6.45) is -3.02. The molecule has 112 valence electrons. The first kappa shape index (κ1) is 15.1. The van der Waals surface area contributed by atoms with E-state index in [9.17, 15) is 17.6 Å². The molecule has 1 aliphatic heterocycles. The fourth-order valence-corrected chi connectivity index (χ4v) is 1.98. The number of fused-ring (bicyclic) bond motifs is 1. The Kier molecular flexibility index (Phi) is 4.54. The standard InChI is InChI=1S/C12H15F4N3O/c1-7-8-4-17-3-2-9(8)19-10(18-7)5-20-6-12(15,16)11(13)14/h11,17H,2-6H2,1H3. The molecule has 0 aliphatic carbocycles. The Morgan fingerprint density at radius 2 is 2.10 bits per heavy atom. The van der Waals surface area contributed by atoms with Gasteiger partial charge in [0, 0.05) is 30.8 Å². The van der Waals surface area contributed by atoms with Crippen molar-refractivity contribution in [1.29, 1.82) is 0 Å². The summed E-state index contributed by atoms with van der Waals surface area (Å²) >= 11 is 0. The van der Waals surface area contributed by atoms with Gasteiger partial charge in [-0.15, -0.1) is 0 Å². The van der Waals surface area contributed by atoms with Crippen LogP contribution in [0.2, 0.25) is 0 Å². The Hall–Kier alpha value is -1.28. The van der Waals surface area contributed by atoms with E-state index in [-0.39, 0.29) is 12.4 Å². The molecule has 1 N–H and O–H groups in total. The second-order valence-electron chi connectivity index (χ2n) is 4.63. The van der Waals surface area contributed by atoms with E-state index in [1.807, 2.05) is 0 Å². The van der Waals surface area contributed by atoms with Gasteiger partial charge < -0.3 is 10.1 Å². The van der Waals surface area contributed by atoms with Gasteiger partial charge in [-0.3, -0.25) is 0 Å². The number of aryl methyl sites for hydroxylation is 1. The Morgan fingerprint density at radius 1 is 1.35 bits per heavy atom. The lowest BCUT2D eigenvalue weighted by atomic mass is 10.1. The zero-order chi connectivity index (χ0) is 14.8. The predicted molar refractivity (Wildman–Crippen MR) is 62.8 cm³/mol. The van der Waals surface area contributed by atoms with Crippen molar-refractivity contribution in [3.63, 3.8) is 0 Å². The first-order chi connectivity index (χ1) is 9.40. The molecule has 0 bridgehead atoms. The monoisotopic (exact) mass is 293 g/mol. The van der Waals surface area contributed by atoms with Crippen LogP contribution in [0.25, 0.3) is 0 Å². The van der Waals surface area contributed by atoms with Crippen LogP contribution in [0.1, 0.15) is 22.8 Å². The van der Waals surface area contributed by atoms with E-state index in [0.29, 0.717) is 6.54 Å². The largest absolute Gasteiger partial charge is 0.367 e. The van der Waals surface area contributed by atoms with E-state index in [0.717, 1.165) is 29.9 Å². The van der Waals surface area contributed by atoms with Crippen molar-refractivity contribution in [2.45, 2.75) is 38.8 Å². The Bertz CT molecular complexity index is 482. The average molecular weight is 293 g/mol. The van der Waals surface area contributed by atoms with Crippen LogP contribution < -0.4 is 5.32 Å². The van der Waals surface area contributed by atoms with Crippen LogP contribution >= 0.6 is 0 Å². The third-order valence-electron chi connectivity index (χ3n) is 3.03. The highest BCUT2D eigenvalue weighted by Gasteiger charge is 2.41. The topological polar surface area (TPSA) is 47.0 Å². The van der Waals surface area contributed by atoms with Crippen molar-refractivity contribution in [3.05, 3.63) is 22.8 Å². The molecule has 8 heteroatoms. The number of ether oxygens (including phenoxy) is 1. The molecule has 0 saturated carbocycles. The molecule has 0 amide bonds. The minimum Gasteiger partial charge on any atom is -0.367 e. The molecule has 0 aromatic carbocycles. The van der Waals surface area contributed by atoms with Crippen molar-refractivity contribution in [3.8, 4) is 0 Å². The number of alkyl halides is 4. The van der Waals surface area contributed by atoms with Gasteiger partial charge in [-0.25, -0.2) is 18.7 Å². The van der Waals surface area contributed by atoms with Crippen molar-refractivity contribution in [2.75, 3.05) is 13.2 Å². The van der Waals surface area contributed by atoms with Crippen molar-refractivity contribution < 1.29 is 22.3 Å². The van der Waals surface area contributed by atoms with Crippen molar-refractivity contribution >= 4 is 0 Å². The zero-order valence-corrected chi connectivity index (χ0v) is 10.9. The normalized spacial score (nSPS) is 15.5. The van der Waals surface area contributed by atoms with Crippen LogP contribution in [0.3, 0.4) is 0 Å². The van der Waals surface area contributed by atoms with Crippen LogP contribution in [0.15, 0.2) is 0 Å². The lowest BCUT2D eigenvalue weighted by Crippen LogP contribution is -2.32. The summed E-state index contributed by atoms with van der Waals surface area (Å²) in [7, 11) is 0. The van der Waals surface area contributed by atoms with Gasteiger partial charge in [0.2, 0.25) is 0 Å². The maximum absolute atomic E-state index is 12.7. The lowest BCUT2D eigenvalue weighted by molar-refractivity contribution is -0.168. The summed E-state index contributed by atoms with van der Waals surface area (Å²) < 4.78 is 53.9. The highest BCUT2D eigenvalue weighted by Crippen LogP contribution is 2.23. The minimum absolute atomic E-state index is 0.244. The van der Waals surface area contributed by atoms with Gasteiger partial charge in [0.1, 0.15) is 13.2 Å². The molecule has 4 nitrogen and oxygen atoms in total. The molecule has 2 heterocycles. The Balaban J connectivity index is 1.99. The van der Waals surface area contributed by atoms with Crippen molar-refractivity contribution in [1.82, 2.24) is 15.3 Å². The van der Waals surface area contributed by atoms with Gasteiger partial charge in [0.05, 0.1) is 5.69 Å². The molecule has 0 saturated heterocycles. The first-order valence-electron chi connectivity index (χ1n) is 6.20. The maximum Gasteiger partial charge on any atom is 0.330 e. The molecule has 2 rings (SSSR count). The Labute approximate surface area is 113 Å². The van der Waals surface area contributed by atoms with Crippen molar-refractivity contribution in [2.24, 2.45) is 0 Å². The molecule has 0 atom stereocenters. The maximum atomic E-state index is 12.7. The number of hydrogen-bond acceptors (Lipinski definition) is 4. The summed E-state index contributed by atoms with van der Waals surface area (Å²) in [6, 6.07) is 0. The van der Waals surface area contributed by atoms with E-state index in [1.165, 1.54) is 0 Å². The molecule has 0 unspecified atom stereocenters. The summed E-state index contributed by atoms with van der Waals surface area (Å²) in [5, 5.41) is 3.18. The van der Waals surface area contributed by atoms with Gasteiger partial charge in [-0.2, -0.15) is 8.78 Å². The number of halogens is 4. The number of nitrogens with zero attached hydrogens (tertiary/aromatic N) is 2. The fourth-order valence-electron chi connectivity index (χ4n) is 1.98. The molecule has 1 aromatic rings.